The van der Waals surface area contributed by atoms with Gasteiger partial charge in [-0.15, -0.1) is 0 Å². The van der Waals surface area contributed by atoms with Gasteiger partial charge in [-0.05, 0) is 31.5 Å². The highest BCUT2D eigenvalue weighted by molar-refractivity contribution is 5.82. The topological polar surface area (TPSA) is 123 Å². The Hall–Kier alpha value is -3.23. The van der Waals surface area contributed by atoms with Crippen molar-refractivity contribution in [1.29, 1.82) is 0 Å². The van der Waals surface area contributed by atoms with Crippen molar-refractivity contribution in [2.24, 2.45) is 5.10 Å². The number of amides is 1. The van der Waals surface area contributed by atoms with E-state index in [1.807, 2.05) is 24.3 Å². The molecule has 9 heteroatoms. The molecule has 0 bridgehead atoms. The number of hydrogen-bond donors (Lipinski definition) is 3. The van der Waals surface area contributed by atoms with Crippen molar-refractivity contribution < 1.29 is 4.79 Å². The zero-order valence-corrected chi connectivity index (χ0v) is 14.8. The molecule has 0 saturated carbocycles. The van der Waals surface area contributed by atoms with Crippen LogP contribution in [0, 0.1) is 0 Å². The van der Waals surface area contributed by atoms with Gasteiger partial charge in [0.05, 0.1) is 6.21 Å². The quantitative estimate of drug-likeness (QED) is 0.465. The average Bonchev–Trinajstić information content (AvgIpc) is 2.63. The lowest BCUT2D eigenvalue weighted by Crippen LogP contribution is -2.28. The molecule has 2 rings (SSSR count). The van der Waals surface area contributed by atoms with Gasteiger partial charge in [0.15, 0.2) is 0 Å². The van der Waals surface area contributed by atoms with Gasteiger partial charge in [-0.25, -0.2) is 15.3 Å². The predicted molar refractivity (Wildman–Crippen MR) is 99.5 cm³/mol. The lowest BCUT2D eigenvalue weighted by atomic mass is 10.2. The summed E-state index contributed by atoms with van der Waals surface area (Å²) in [6, 6.07) is 7.86. The molecular weight excluding hydrogens is 336 g/mol. The van der Waals surface area contributed by atoms with Gasteiger partial charge in [-0.1, -0.05) is 12.1 Å². The summed E-state index contributed by atoms with van der Waals surface area (Å²) in [6.07, 6.45) is 1.68. The molecule has 2 aromatic rings. The summed E-state index contributed by atoms with van der Waals surface area (Å²) in [4.78, 5) is 38.4. The van der Waals surface area contributed by atoms with Gasteiger partial charge in [0.2, 0.25) is 5.91 Å². The summed E-state index contributed by atoms with van der Waals surface area (Å²) in [5, 5.41) is 9.64. The van der Waals surface area contributed by atoms with E-state index in [1.54, 1.807) is 6.21 Å². The number of nitrogens with one attached hydrogen (secondary N) is 3. The number of hydrazone groups is 1. The molecule has 0 aliphatic heterocycles. The molecule has 0 saturated heterocycles. The average molecular weight is 358 g/mol. The molecule has 3 N–H and O–H groups in total. The first-order chi connectivity index (χ1) is 12.5. The Morgan fingerprint density at radius 3 is 2.54 bits per heavy atom. The highest BCUT2D eigenvalue weighted by Gasteiger charge is 2.06. The summed E-state index contributed by atoms with van der Waals surface area (Å²) >= 11 is 0. The van der Waals surface area contributed by atoms with Crippen LogP contribution in [0.1, 0.15) is 31.5 Å². The Morgan fingerprint density at radius 1 is 1.23 bits per heavy atom. The number of rotatable bonds is 8. The first kappa shape index (κ1) is 19.1. The maximum atomic E-state index is 11.8. The van der Waals surface area contributed by atoms with Crippen molar-refractivity contribution in [3.63, 3.8) is 0 Å². The molecule has 0 aliphatic carbocycles. The molecule has 0 fully saturated rings. The second-order valence-corrected chi connectivity index (χ2v) is 5.51. The molecule has 0 radical (unpaired) electrons. The van der Waals surface area contributed by atoms with Gasteiger partial charge < -0.3 is 4.90 Å². The maximum Gasteiger partial charge on any atom is 0.342 e. The van der Waals surface area contributed by atoms with E-state index in [-0.39, 0.29) is 24.4 Å². The monoisotopic (exact) mass is 358 g/mol. The normalized spacial score (nSPS) is 10.8. The minimum atomic E-state index is -0.681. The van der Waals surface area contributed by atoms with Crippen LogP contribution in [0.25, 0.3) is 0 Å². The first-order valence-corrected chi connectivity index (χ1v) is 8.38. The molecule has 0 unspecified atom stereocenters. The molecule has 1 aromatic heterocycles. The van der Waals surface area contributed by atoms with Crippen molar-refractivity contribution >= 4 is 17.8 Å². The number of benzene rings is 1. The number of hydrogen-bond acceptors (Lipinski definition) is 6. The van der Waals surface area contributed by atoms with Gasteiger partial charge in [-0.2, -0.15) is 10.2 Å². The Bertz CT molecular complexity index is 865. The van der Waals surface area contributed by atoms with Crippen LogP contribution in [0.15, 0.2) is 39.0 Å². The molecule has 0 atom stereocenters. The van der Waals surface area contributed by atoms with Crippen molar-refractivity contribution in [2.45, 2.75) is 26.7 Å². The lowest BCUT2D eigenvalue weighted by Gasteiger charge is -2.20. The van der Waals surface area contributed by atoms with Crippen LogP contribution in [0.4, 0.5) is 5.69 Å². The predicted octanol–water partition coefficient (Wildman–Crippen LogP) is 0.387. The number of aromatic nitrogens is 3. The van der Waals surface area contributed by atoms with Gasteiger partial charge in [-0.3, -0.25) is 14.6 Å². The van der Waals surface area contributed by atoms with Crippen LogP contribution in [-0.2, 0) is 11.2 Å². The van der Waals surface area contributed by atoms with Gasteiger partial charge in [0.1, 0.15) is 5.69 Å². The zero-order valence-electron chi connectivity index (χ0n) is 14.8. The third kappa shape index (κ3) is 5.40. The second kappa shape index (κ2) is 9.30. The van der Waals surface area contributed by atoms with E-state index in [0.717, 1.165) is 24.3 Å². The molecule has 0 spiro atoms. The Labute approximate surface area is 150 Å². The van der Waals surface area contributed by atoms with Gasteiger partial charge in [0.25, 0.3) is 5.56 Å². The third-order valence-corrected chi connectivity index (χ3v) is 3.79. The van der Waals surface area contributed by atoms with Crippen LogP contribution in [0.3, 0.4) is 0 Å². The number of anilines is 1. The maximum absolute atomic E-state index is 11.8. The molecule has 1 heterocycles. The minimum Gasteiger partial charge on any atom is -0.372 e. The number of carbonyl (C=O) groups excluding carboxylic acids is 1. The van der Waals surface area contributed by atoms with Crippen molar-refractivity contribution in [3.8, 4) is 0 Å². The van der Waals surface area contributed by atoms with E-state index in [0.29, 0.717) is 0 Å². The Kier molecular flexibility index (Phi) is 6.84. The van der Waals surface area contributed by atoms with E-state index in [9.17, 15) is 14.4 Å². The summed E-state index contributed by atoms with van der Waals surface area (Å²) < 4.78 is 0. The van der Waals surface area contributed by atoms with Crippen LogP contribution < -0.4 is 21.6 Å². The van der Waals surface area contributed by atoms with E-state index in [1.165, 1.54) is 0 Å². The van der Waals surface area contributed by atoms with E-state index in [2.05, 4.69) is 44.5 Å². The van der Waals surface area contributed by atoms with Gasteiger partial charge in [0, 0.05) is 31.6 Å². The van der Waals surface area contributed by atoms with Crippen LogP contribution >= 0.6 is 0 Å². The van der Waals surface area contributed by atoms with E-state index < -0.39 is 11.2 Å². The Morgan fingerprint density at radius 2 is 1.92 bits per heavy atom. The number of aryl methyl sites for hydroxylation is 1. The summed E-state index contributed by atoms with van der Waals surface area (Å²) in [5.41, 5.74) is 3.21. The summed E-state index contributed by atoms with van der Waals surface area (Å²) in [7, 11) is 0. The number of H-pyrrole nitrogens is 2. The SMILES string of the molecule is CCN(CC)c1ccc(C=NNC(=O)CCc2n[nH]c(=O)[nH]c2=O)cc1. The molecule has 9 nitrogen and oxygen atoms in total. The molecule has 0 aliphatic rings. The largest absolute Gasteiger partial charge is 0.372 e. The lowest BCUT2D eigenvalue weighted by molar-refractivity contribution is -0.121. The highest BCUT2D eigenvalue weighted by atomic mass is 16.2. The molecule has 1 aromatic carbocycles. The molecular formula is C17H22N6O3. The number of nitrogens with zero attached hydrogens (tertiary/aromatic N) is 3. The third-order valence-electron chi connectivity index (χ3n) is 3.79. The van der Waals surface area contributed by atoms with Crippen molar-refractivity contribution in [1.82, 2.24) is 20.6 Å². The van der Waals surface area contributed by atoms with Crippen LogP contribution in [0.5, 0.6) is 0 Å². The molecule has 26 heavy (non-hydrogen) atoms. The standard InChI is InChI=1S/C17H22N6O3/c1-3-23(4-2)13-7-5-12(6-8-13)11-18-21-15(24)10-9-14-16(25)19-17(26)22-20-14/h5-8,11H,3-4,9-10H2,1-2H3,(H,21,24)(H2,19,22,25,26). The first-order valence-electron chi connectivity index (χ1n) is 8.38. The Balaban J connectivity index is 1.84. The zero-order chi connectivity index (χ0) is 18.9. The van der Waals surface area contributed by atoms with Gasteiger partial charge >= 0.3 is 5.69 Å². The van der Waals surface area contributed by atoms with Crippen LogP contribution in [0.2, 0.25) is 0 Å². The van der Waals surface area contributed by atoms with Crippen molar-refractivity contribution in [2.75, 3.05) is 18.0 Å². The smallest absolute Gasteiger partial charge is 0.342 e. The summed E-state index contributed by atoms with van der Waals surface area (Å²) in [6.45, 7) is 6.08. The fraction of sp³-hybridized carbons (Fsp3) is 0.353. The van der Waals surface area contributed by atoms with Crippen LogP contribution in [-0.4, -0.2) is 40.4 Å². The number of aromatic amines is 2. The summed E-state index contributed by atoms with van der Waals surface area (Å²) in [5.74, 6) is -0.353. The highest BCUT2D eigenvalue weighted by Crippen LogP contribution is 2.13. The molecule has 138 valence electrons. The minimum absolute atomic E-state index is 0.0281. The van der Waals surface area contributed by atoms with E-state index in [4.69, 9.17) is 0 Å². The van der Waals surface area contributed by atoms with E-state index >= 15 is 0 Å². The fourth-order valence-corrected chi connectivity index (χ4v) is 2.37. The molecule has 1 amide bonds. The second-order valence-electron chi connectivity index (χ2n) is 5.51. The van der Waals surface area contributed by atoms with Crippen molar-refractivity contribution in [3.05, 3.63) is 56.4 Å². The number of carbonyl (C=O) groups is 1. The fourth-order valence-electron chi connectivity index (χ4n) is 2.37.